The van der Waals surface area contributed by atoms with Gasteiger partial charge in [0.15, 0.2) is 0 Å². The lowest BCUT2D eigenvalue weighted by atomic mass is 10.1. The monoisotopic (exact) mass is 376 g/mol. The number of amides is 1. The van der Waals surface area contributed by atoms with E-state index in [2.05, 4.69) is 9.82 Å². The summed E-state index contributed by atoms with van der Waals surface area (Å²) in [6.45, 7) is 5.27. The van der Waals surface area contributed by atoms with Crippen LogP contribution >= 0.6 is 0 Å². The largest absolute Gasteiger partial charge is 0.337 e. The number of aromatic nitrogens is 2. The summed E-state index contributed by atoms with van der Waals surface area (Å²) in [6.07, 6.45) is 1.76. The zero-order chi connectivity index (χ0) is 18.9. The van der Waals surface area contributed by atoms with Crippen LogP contribution < -0.4 is 4.72 Å². The first kappa shape index (κ1) is 18.6. The predicted octanol–water partition coefficient (Wildman–Crippen LogP) is 1.31. The van der Waals surface area contributed by atoms with Gasteiger partial charge in [0.2, 0.25) is 10.0 Å². The third-order valence-corrected chi connectivity index (χ3v) is 5.39. The number of sulfonamides is 1. The molecule has 1 amide bonds. The molecule has 1 aromatic carbocycles. The lowest BCUT2D eigenvalue weighted by molar-refractivity contribution is 0.0788. The molecule has 1 aliphatic heterocycles. The number of hydrogen-bond acceptors (Lipinski definition) is 4. The zero-order valence-electron chi connectivity index (χ0n) is 15.3. The summed E-state index contributed by atoms with van der Waals surface area (Å²) in [5.41, 5.74) is 3.26. The molecule has 0 spiro atoms. The van der Waals surface area contributed by atoms with Gasteiger partial charge in [-0.15, -0.1) is 0 Å². The van der Waals surface area contributed by atoms with Gasteiger partial charge >= 0.3 is 0 Å². The minimum atomic E-state index is -3.27. The van der Waals surface area contributed by atoms with Crippen LogP contribution in [0.5, 0.6) is 0 Å². The van der Waals surface area contributed by atoms with E-state index in [0.717, 1.165) is 17.5 Å². The van der Waals surface area contributed by atoms with Crippen molar-refractivity contribution in [1.82, 2.24) is 19.4 Å². The molecule has 8 heteroatoms. The molecule has 0 saturated carbocycles. The number of likely N-dealkylation sites (tertiary alicyclic amines) is 1. The lowest BCUT2D eigenvalue weighted by Crippen LogP contribution is -2.38. The molecule has 1 aliphatic rings. The third kappa shape index (κ3) is 4.13. The second-order valence-electron chi connectivity index (χ2n) is 6.82. The number of carbonyl (C=O) groups excluding carboxylic acids is 1. The molecule has 2 heterocycles. The van der Waals surface area contributed by atoms with Crippen LogP contribution in [-0.4, -0.2) is 54.4 Å². The highest BCUT2D eigenvalue weighted by molar-refractivity contribution is 7.88. The highest BCUT2D eigenvalue weighted by Crippen LogP contribution is 2.20. The van der Waals surface area contributed by atoms with E-state index in [-0.39, 0.29) is 11.9 Å². The van der Waals surface area contributed by atoms with E-state index < -0.39 is 10.0 Å². The molecule has 1 fully saturated rings. The van der Waals surface area contributed by atoms with Crippen molar-refractivity contribution in [3.05, 3.63) is 52.8 Å². The third-order valence-electron chi connectivity index (χ3n) is 4.63. The van der Waals surface area contributed by atoms with Crippen LogP contribution in [0.3, 0.4) is 0 Å². The highest BCUT2D eigenvalue weighted by atomic mass is 32.2. The Morgan fingerprint density at radius 2 is 1.96 bits per heavy atom. The summed E-state index contributed by atoms with van der Waals surface area (Å²) < 4.78 is 27.2. The van der Waals surface area contributed by atoms with Gasteiger partial charge in [0.25, 0.3) is 5.91 Å². The highest BCUT2D eigenvalue weighted by Gasteiger charge is 2.31. The van der Waals surface area contributed by atoms with Crippen LogP contribution in [0.15, 0.2) is 30.3 Å². The van der Waals surface area contributed by atoms with Crippen LogP contribution in [-0.2, 0) is 16.6 Å². The Balaban J connectivity index is 1.76. The van der Waals surface area contributed by atoms with Crippen molar-refractivity contribution in [3.63, 3.8) is 0 Å². The van der Waals surface area contributed by atoms with Crippen LogP contribution in [0.2, 0.25) is 0 Å². The topological polar surface area (TPSA) is 84.3 Å². The van der Waals surface area contributed by atoms with Crippen molar-refractivity contribution in [1.29, 1.82) is 0 Å². The normalized spacial score (nSPS) is 17.7. The molecule has 1 atom stereocenters. The van der Waals surface area contributed by atoms with Gasteiger partial charge in [-0.3, -0.25) is 9.48 Å². The Morgan fingerprint density at radius 1 is 1.27 bits per heavy atom. The standard InChI is InChI=1S/C18H24N4O3S/c1-13-17(14(2)22(19-13)11-15-7-5-4-6-8-15)18(23)21-10-9-16(12-21)20-26(3,24)25/h4-8,16,20H,9-12H2,1-3H3. The van der Waals surface area contributed by atoms with Crippen molar-refractivity contribution in [2.75, 3.05) is 19.3 Å². The Labute approximate surface area is 154 Å². The molecule has 1 saturated heterocycles. The molecule has 1 aromatic heterocycles. The quantitative estimate of drug-likeness (QED) is 0.853. The maximum atomic E-state index is 13.0. The smallest absolute Gasteiger partial charge is 0.257 e. The van der Waals surface area contributed by atoms with Crippen LogP contribution in [0, 0.1) is 13.8 Å². The fourth-order valence-electron chi connectivity index (χ4n) is 3.42. The van der Waals surface area contributed by atoms with Crippen molar-refractivity contribution >= 4 is 15.9 Å². The number of rotatable bonds is 5. The average molecular weight is 376 g/mol. The molecular formula is C18H24N4O3S. The van der Waals surface area contributed by atoms with Crippen molar-refractivity contribution in [2.24, 2.45) is 0 Å². The molecule has 2 aromatic rings. The Bertz CT molecular complexity index is 906. The summed E-state index contributed by atoms with van der Waals surface area (Å²) in [6, 6.07) is 9.75. The Kier molecular flexibility index (Phi) is 5.15. The van der Waals surface area contributed by atoms with E-state index >= 15 is 0 Å². The molecule has 26 heavy (non-hydrogen) atoms. The fourth-order valence-corrected chi connectivity index (χ4v) is 4.22. The van der Waals surface area contributed by atoms with Gasteiger partial charge in [0.1, 0.15) is 0 Å². The molecule has 0 aliphatic carbocycles. The molecule has 1 unspecified atom stereocenters. The first-order valence-electron chi connectivity index (χ1n) is 8.59. The minimum Gasteiger partial charge on any atom is -0.337 e. The number of hydrogen-bond donors (Lipinski definition) is 1. The summed E-state index contributed by atoms with van der Waals surface area (Å²) in [4.78, 5) is 14.7. The number of nitrogens with one attached hydrogen (secondary N) is 1. The Morgan fingerprint density at radius 3 is 2.62 bits per heavy atom. The van der Waals surface area contributed by atoms with Gasteiger partial charge in [-0.05, 0) is 25.8 Å². The van der Waals surface area contributed by atoms with E-state index in [4.69, 9.17) is 0 Å². The van der Waals surface area contributed by atoms with Crippen LogP contribution in [0.4, 0.5) is 0 Å². The maximum Gasteiger partial charge on any atom is 0.257 e. The van der Waals surface area contributed by atoms with Crippen LogP contribution in [0.1, 0.15) is 33.7 Å². The van der Waals surface area contributed by atoms with Gasteiger partial charge in [-0.25, -0.2) is 13.1 Å². The van der Waals surface area contributed by atoms with Crippen LogP contribution in [0.25, 0.3) is 0 Å². The number of nitrogens with zero attached hydrogens (tertiary/aromatic N) is 3. The number of aryl methyl sites for hydroxylation is 1. The fraction of sp³-hybridized carbons (Fsp3) is 0.444. The summed E-state index contributed by atoms with van der Waals surface area (Å²) in [5, 5.41) is 4.53. The molecule has 0 bridgehead atoms. The van der Waals surface area contributed by atoms with Gasteiger partial charge in [0.05, 0.1) is 24.1 Å². The van der Waals surface area contributed by atoms with Crippen molar-refractivity contribution < 1.29 is 13.2 Å². The summed E-state index contributed by atoms with van der Waals surface area (Å²) in [5.74, 6) is -0.0860. The van der Waals surface area contributed by atoms with Gasteiger partial charge < -0.3 is 4.90 Å². The van der Waals surface area contributed by atoms with E-state index in [1.807, 2.05) is 48.9 Å². The predicted molar refractivity (Wildman–Crippen MR) is 99.5 cm³/mol. The van der Waals surface area contributed by atoms with Gasteiger partial charge in [-0.1, -0.05) is 30.3 Å². The Hall–Kier alpha value is -2.19. The molecule has 140 valence electrons. The second kappa shape index (κ2) is 7.20. The first-order chi connectivity index (χ1) is 12.2. The SMILES string of the molecule is Cc1nn(Cc2ccccc2)c(C)c1C(=O)N1CCC(NS(C)(=O)=O)C1. The average Bonchev–Trinajstić information content (AvgIpc) is 3.11. The van der Waals surface area contributed by atoms with Crippen molar-refractivity contribution in [3.8, 4) is 0 Å². The van der Waals surface area contributed by atoms with Gasteiger partial charge in [-0.2, -0.15) is 5.10 Å². The molecule has 1 N–H and O–H groups in total. The minimum absolute atomic E-state index is 0.0860. The first-order valence-corrected chi connectivity index (χ1v) is 10.5. The maximum absolute atomic E-state index is 13.0. The summed E-state index contributed by atoms with van der Waals surface area (Å²) >= 11 is 0. The number of benzene rings is 1. The second-order valence-corrected chi connectivity index (χ2v) is 8.60. The number of carbonyl (C=O) groups is 1. The molecule has 3 rings (SSSR count). The molecule has 0 radical (unpaired) electrons. The van der Waals surface area contributed by atoms with E-state index in [1.165, 1.54) is 0 Å². The molecule has 7 nitrogen and oxygen atoms in total. The van der Waals surface area contributed by atoms with E-state index in [9.17, 15) is 13.2 Å². The summed E-state index contributed by atoms with van der Waals surface area (Å²) in [7, 11) is -3.27. The van der Waals surface area contributed by atoms with E-state index in [1.54, 1.807) is 4.90 Å². The lowest BCUT2D eigenvalue weighted by Gasteiger charge is -2.17. The zero-order valence-corrected chi connectivity index (χ0v) is 16.1. The molecular weight excluding hydrogens is 352 g/mol. The van der Waals surface area contributed by atoms with Gasteiger partial charge in [0, 0.05) is 24.8 Å². The van der Waals surface area contributed by atoms with Crippen molar-refractivity contribution in [2.45, 2.75) is 32.9 Å². The van der Waals surface area contributed by atoms with E-state index in [0.29, 0.717) is 37.3 Å².